The third-order valence-electron chi connectivity index (χ3n) is 3.63. The van der Waals surface area contributed by atoms with Crippen LogP contribution in [0.3, 0.4) is 0 Å². The molecule has 27 heavy (non-hydrogen) atoms. The van der Waals surface area contributed by atoms with Crippen LogP contribution >= 0.6 is 0 Å². The topological polar surface area (TPSA) is 59.8 Å². The molecule has 0 amide bonds. The highest BCUT2D eigenvalue weighted by Gasteiger charge is 2.29. The van der Waals surface area contributed by atoms with E-state index in [-0.39, 0.29) is 11.5 Å². The number of alkyl halides is 3. The van der Waals surface area contributed by atoms with Crippen molar-refractivity contribution in [2.24, 2.45) is 4.99 Å². The number of halogens is 3. The molecule has 1 heterocycles. The first-order chi connectivity index (χ1) is 12.9. The Bertz CT molecular complexity index is 731. The largest absolute Gasteiger partial charge is 0.493 e. The number of hydrogen-bond acceptors (Lipinski definition) is 3. The van der Waals surface area contributed by atoms with Crippen LogP contribution in [0, 0.1) is 0 Å². The molecule has 0 spiro atoms. The molecule has 0 aliphatic rings. The van der Waals surface area contributed by atoms with Gasteiger partial charge in [0.1, 0.15) is 0 Å². The molecule has 0 atom stereocenters. The maximum Gasteiger partial charge on any atom is 0.422 e. The van der Waals surface area contributed by atoms with Crippen molar-refractivity contribution in [3.05, 3.63) is 48.3 Å². The molecule has 0 radical (unpaired) electrons. The van der Waals surface area contributed by atoms with Crippen LogP contribution in [-0.2, 0) is 13.1 Å². The Morgan fingerprint density at radius 3 is 2.52 bits per heavy atom. The van der Waals surface area contributed by atoms with Gasteiger partial charge in [0.2, 0.25) is 0 Å². The van der Waals surface area contributed by atoms with Crippen molar-refractivity contribution in [3.63, 3.8) is 0 Å². The number of hydrogen-bond donors (Lipinski definition) is 2. The predicted molar refractivity (Wildman–Crippen MR) is 97.2 cm³/mol. The number of benzene rings is 1. The number of nitrogens with one attached hydrogen (secondary N) is 2. The Hall–Kier alpha value is -2.84. The molecule has 0 aliphatic carbocycles. The highest BCUT2D eigenvalue weighted by atomic mass is 19.4. The van der Waals surface area contributed by atoms with E-state index in [1.165, 1.54) is 13.2 Å². The second-order valence-electron chi connectivity index (χ2n) is 5.66. The first-order valence-corrected chi connectivity index (χ1v) is 8.33. The molecule has 1 aromatic heterocycles. The average Bonchev–Trinajstić information content (AvgIpc) is 3.15. The average molecular weight is 384 g/mol. The monoisotopic (exact) mass is 384 g/mol. The van der Waals surface area contributed by atoms with Gasteiger partial charge in [0.05, 0.1) is 7.11 Å². The van der Waals surface area contributed by atoms with Crippen molar-refractivity contribution in [1.82, 2.24) is 15.2 Å². The Morgan fingerprint density at radius 2 is 1.89 bits per heavy atom. The zero-order valence-electron chi connectivity index (χ0n) is 15.2. The standard InChI is InChI=1S/C18H23F3N4O2/c1-22-17(23-7-10-25-8-3-4-9-25)24-12-14-5-6-15(16(11-14)26-2)27-13-18(19,20)21/h3-6,8-9,11H,7,10,12-13H2,1-2H3,(H2,22,23,24). The number of rotatable bonds is 8. The van der Waals surface area contributed by atoms with Crippen LogP contribution < -0.4 is 20.1 Å². The highest BCUT2D eigenvalue weighted by molar-refractivity contribution is 5.79. The zero-order valence-corrected chi connectivity index (χ0v) is 15.2. The number of methoxy groups -OCH3 is 1. The number of aromatic nitrogens is 1. The molecule has 2 rings (SSSR count). The molecule has 9 heteroatoms. The Balaban J connectivity index is 1.86. The van der Waals surface area contributed by atoms with Crippen LogP contribution in [-0.4, -0.2) is 44.0 Å². The van der Waals surface area contributed by atoms with E-state index in [0.29, 0.717) is 19.0 Å². The molecular weight excluding hydrogens is 361 g/mol. The molecular formula is C18H23F3N4O2. The summed E-state index contributed by atoms with van der Waals surface area (Å²) in [7, 11) is 3.05. The van der Waals surface area contributed by atoms with Gasteiger partial charge in [-0.1, -0.05) is 6.07 Å². The molecule has 2 N–H and O–H groups in total. The summed E-state index contributed by atoms with van der Waals surface area (Å²) in [6, 6.07) is 8.69. The lowest BCUT2D eigenvalue weighted by Gasteiger charge is -2.15. The Kier molecular flexibility index (Phi) is 7.39. The number of nitrogens with zero attached hydrogens (tertiary/aromatic N) is 2. The Labute approximate surface area is 156 Å². The van der Waals surface area contributed by atoms with Crippen LogP contribution in [0.1, 0.15) is 5.56 Å². The maximum absolute atomic E-state index is 12.3. The van der Waals surface area contributed by atoms with Gasteiger partial charge in [-0.3, -0.25) is 4.99 Å². The summed E-state index contributed by atoms with van der Waals surface area (Å²) in [4.78, 5) is 4.14. The zero-order chi connectivity index (χ0) is 19.7. The van der Waals surface area contributed by atoms with E-state index >= 15 is 0 Å². The van der Waals surface area contributed by atoms with E-state index < -0.39 is 12.8 Å². The molecule has 0 saturated carbocycles. The quantitative estimate of drug-likeness (QED) is 0.543. The summed E-state index contributed by atoms with van der Waals surface area (Å²) in [6.45, 7) is 0.562. The van der Waals surface area contributed by atoms with Gasteiger partial charge in [-0.2, -0.15) is 13.2 Å². The summed E-state index contributed by atoms with van der Waals surface area (Å²) < 4.78 is 48.8. The summed E-state index contributed by atoms with van der Waals surface area (Å²) in [6.07, 6.45) is -0.441. The normalized spacial score (nSPS) is 12.0. The van der Waals surface area contributed by atoms with Gasteiger partial charge in [-0.05, 0) is 29.8 Å². The van der Waals surface area contributed by atoms with E-state index in [1.807, 2.05) is 29.1 Å². The van der Waals surface area contributed by atoms with Crippen molar-refractivity contribution in [3.8, 4) is 11.5 Å². The molecule has 0 saturated heterocycles. The third-order valence-corrected chi connectivity index (χ3v) is 3.63. The first kappa shape index (κ1) is 20.5. The maximum atomic E-state index is 12.3. The second kappa shape index (κ2) is 9.75. The van der Waals surface area contributed by atoms with Crippen LogP contribution in [0.4, 0.5) is 13.2 Å². The molecule has 0 bridgehead atoms. The second-order valence-corrected chi connectivity index (χ2v) is 5.66. The van der Waals surface area contributed by atoms with Gasteiger partial charge in [0, 0.05) is 39.1 Å². The predicted octanol–water partition coefficient (Wildman–Crippen LogP) is 2.80. The van der Waals surface area contributed by atoms with E-state index in [0.717, 1.165) is 12.1 Å². The van der Waals surface area contributed by atoms with Crippen molar-refractivity contribution >= 4 is 5.96 Å². The minimum Gasteiger partial charge on any atom is -0.493 e. The third kappa shape index (κ3) is 7.12. The number of guanidine groups is 1. The molecule has 0 unspecified atom stereocenters. The van der Waals surface area contributed by atoms with Gasteiger partial charge in [0.15, 0.2) is 24.1 Å². The molecule has 0 fully saturated rings. The fraction of sp³-hybridized carbons (Fsp3) is 0.389. The highest BCUT2D eigenvalue weighted by Crippen LogP contribution is 2.29. The molecule has 6 nitrogen and oxygen atoms in total. The fourth-order valence-corrected chi connectivity index (χ4v) is 2.33. The smallest absolute Gasteiger partial charge is 0.422 e. The van der Waals surface area contributed by atoms with Gasteiger partial charge in [-0.25, -0.2) is 0 Å². The summed E-state index contributed by atoms with van der Waals surface area (Å²) in [5.74, 6) is 0.917. The summed E-state index contributed by atoms with van der Waals surface area (Å²) >= 11 is 0. The van der Waals surface area contributed by atoms with Crippen molar-refractivity contribution in [2.45, 2.75) is 19.3 Å². The summed E-state index contributed by atoms with van der Waals surface area (Å²) in [5.41, 5.74) is 0.819. The van der Waals surface area contributed by atoms with Crippen LogP contribution in [0.15, 0.2) is 47.7 Å². The number of aliphatic imine (C=N–C) groups is 1. The van der Waals surface area contributed by atoms with E-state index in [9.17, 15) is 13.2 Å². The number of ether oxygens (including phenoxy) is 2. The van der Waals surface area contributed by atoms with Crippen molar-refractivity contribution in [2.75, 3.05) is 27.3 Å². The van der Waals surface area contributed by atoms with E-state index in [4.69, 9.17) is 9.47 Å². The minimum absolute atomic E-state index is 0.0489. The van der Waals surface area contributed by atoms with Crippen LogP contribution in [0.2, 0.25) is 0 Å². The molecule has 148 valence electrons. The fourth-order valence-electron chi connectivity index (χ4n) is 2.33. The van der Waals surface area contributed by atoms with E-state index in [2.05, 4.69) is 15.6 Å². The lowest BCUT2D eigenvalue weighted by atomic mass is 10.2. The lowest BCUT2D eigenvalue weighted by Crippen LogP contribution is -2.38. The van der Waals surface area contributed by atoms with Crippen molar-refractivity contribution in [1.29, 1.82) is 0 Å². The minimum atomic E-state index is -4.40. The van der Waals surface area contributed by atoms with Crippen LogP contribution in [0.5, 0.6) is 11.5 Å². The molecule has 0 aliphatic heterocycles. The molecule has 1 aromatic carbocycles. The Morgan fingerprint density at radius 1 is 1.15 bits per heavy atom. The first-order valence-electron chi connectivity index (χ1n) is 8.33. The SMILES string of the molecule is CN=C(NCCn1cccc1)NCc1ccc(OCC(F)(F)F)c(OC)c1. The lowest BCUT2D eigenvalue weighted by molar-refractivity contribution is -0.153. The van der Waals surface area contributed by atoms with Gasteiger partial charge in [0.25, 0.3) is 0 Å². The van der Waals surface area contributed by atoms with E-state index in [1.54, 1.807) is 19.2 Å². The van der Waals surface area contributed by atoms with Crippen LogP contribution in [0.25, 0.3) is 0 Å². The van der Waals surface area contributed by atoms with Crippen molar-refractivity contribution < 1.29 is 22.6 Å². The van der Waals surface area contributed by atoms with Gasteiger partial charge in [-0.15, -0.1) is 0 Å². The van der Waals surface area contributed by atoms with Gasteiger partial charge >= 0.3 is 6.18 Å². The van der Waals surface area contributed by atoms with Gasteiger partial charge < -0.3 is 24.7 Å². The summed E-state index contributed by atoms with van der Waals surface area (Å²) in [5, 5.41) is 6.34. The molecule has 2 aromatic rings.